The second kappa shape index (κ2) is 5.75. The van der Waals surface area contributed by atoms with Crippen LogP contribution in [0.5, 0.6) is 0 Å². The van der Waals surface area contributed by atoms with Gasteiger partial charge in [0.05, 0.1) is 5.56 Å². The van der Waals surface area contributed by atoms with E-state index in [2.05, 4.69) is 40.6 Å². The number of nitrogens with zero attached hydrogens (tertiary/aromatic N) is 2. The van der Waals surface area contributed by atoms with Crippen LogP contribution in [0.4, 0.5) is 5.82 Å². The molecule has 100 valence electrons. The van der Waals surface area contributed by atoms with Crippen LogP contribution in [0.25, 0.3) is 0 Å². The predicted molar refractivity (Wildman–Crippen MR) is 79.6 cm³/mol. The van der Waals surface area contributed by atoms with E-state index < -0.39 is 0 Å². The van der Waals surface area contributed by atoms with Gasteiger partial charge in [-0.1, -0.05) is 24.3 Å². The molecule has 3 heteroatoms. The van der Waals surface area contributed by atoms with Crippen LogP contribution in [0.3, 0.4) is 0 Å². The van der Waals surface area contributed by atoms with E-state index in [1.807, 2.05) is 0 Å². The molecule has 0 unspecified atom stereocenters. The maximum Gasteiger partial charge on any atom is 0.143 e. The molecule has 0 radical (unpaired) electrons. The Morgan fingerprint density at radius 2 is 2.15 bits per heavy atom. The van der Waals surface area contributed by atoms with Gasteiger partial charge in [0.2, 0.25) is 0 Å². The van der Waals surface area contributed by atoms with Crippen molar-refractivity contribution in [3.8, 4) is 6.07 Å². The number of anilines is 1. The smallest absolute Gasteiger partial charge is 0.143 e. The van der Waals surface area contributed by atoms with Gasteiger partial charge in [-0.2, -0.15) is 5.26 Å². The Labute approximate surface area is 119 Å². The van der Waals surface area contributed by atoms with Gasteiger partial charge in [-0.25, -0.2) is 4.98 Å². The lowest BCUT2D eigenvalue weighted by molar-refractivity contribution is 0.571. The Morgan fingerprint density at radius 1 is 1.25 bits per heavy atom. The predicted octanol–water partition coefficient (Wildman–Crippen LogP) is 3.49. The first kappa shape index (κ1) is 12.7. The van der Waals surface area contributed by atoms with E-state index in [4.69, 9.17) is 5.26 Å². The lowest BCUT2D eigenvalue weighted by Gasteiger charge is -2.26. The van der Waals surface area contributed by atoms with E-state index in [0.717, 1.165) is 6.54 Å². The van der Waals surface area contributed by atoms with E-state index >= 15 is 0 Å². The summed E-state index contributed by atoms with van der Waals surface area (Å²) < 4.78 is 0. The molecule has 0 amide bonds. The van der Waals surface area contributed by atoms with Crippen molar-refractivity contribution < 1.29 is 0 Å². The molecule has 0 aliphatic heterocycles. The summed E-state index contributed by atoms with van der Waals surface area (Å²) in [7, 11) is 0. The Hall–Kier alpha value is -2.34. The molecular weight excluding hydrogens is 246 g/mol. The third-order valence-corrected chi connectivity index (χ3v) is 3.94. The summed E-state index contributed by atoms with van der Waals surface area (Å²) in [5.74, 6) is 1.20. The molecule has 0 spiro atoms. The van der Waals surface area contributed by atoms with Crippen molar-refractivity contribution in [1.29, 1.82) is 5.26 Å². The second-order valence-electron chi connectivity index (χ2n) is 5.18. The van der Waals surface area contributed by atoms with E-state index in [-0.39, 0.29) is 0 Å². The molecule has 0 saturated heterocycles. The first-order valence-electron chi connectivity index (χ1n) is 7.05. The fourth-order valence-electron chi connectivity index (χ4n) is 2.92. The number of nitriles is 1. The molecule has 1 aromatic heterocycles. The number of nitrogens with one attached hydrogen (secondary N) is 1. The minimum Gasteiger partial charge on any atom is -0.368 e. The van der Waals surface area contributed by atoms with Crippen molar-refractivity contribution in [2.24, 2.45) is 0 Å². The number of aromatic nitrogens is 1. The van der Waals surface area contributed by atoms with Crippen LogP contribution in [-0.2, 0) is 6.42 Å². The lowest BCUT2D eigenvalue weighted by Crippen LogP contribution is -2.18. The molecule has 1 aliphatic carbocycles. The summed E-state index contributed by atoms with van der Waals surface area (Å²) in [6.07, 6.45) is 5.33. The average Bonchev–Trinajstić information content (AvgIpc) is 2.53. The topological polar surface area (TPSA) is 48.7 Å². The zero-order chi connectivity index (χ0) is 13.8. The molecule has 1 aliphatic rings. The Balaban J connectivity index is 1.75. The molecule has 1 heterocycles. The molecule has 1 N–H and O–H groups in total. The van der Waals surface area contributed by atoms with Gasteiger partial charge < -0.3 is 5.32 Å². The van der Waals surface area contributed by atoms with Crippen LogP contribution in [0, 0.1) is 11.3 Å². The van der Waals surface area contributed by atoms with Gasteiger partial charge in [-0.05, 0) is 42.5 Å². The SMILES string of the molecule is N#Cc1cccnc1NC[C@H]1CCCc2ccccc21. The average molecular weight is 263 g/mol. The molecule has 20 heavy (non-hydrogen) atoms. The summed E-state index contributed by atoms with van der Waals surface area (Å²) in [5.41, 5.74) is 3.52. The van der Waals surface area contributed by atoms with E-state index in [9.17, 15) is 0 Å². The highest BCUT2D eigenvalue weighted by molar-refractivity contribution is 5.51. The van der Waals surface area contributed by atoms with Gasteiger partial charge in [-0.15, -0.1) is 0 Å². The fraction of sp³-hybridized carbons (Fsp3) is 0.294. The standard InChI is InChI=1S/C17H17N3/c18-11-14-8-4-10-19-17(14)20-12-15-7-3-6-13-5-1-2-9-16(13)15/h1-2,4-5,8-10,15H,3,6-7,12H2,(H,19,20)/t15-/m1/s1. The van der Waals surface area contributed by atoms with Crippen LogP contribution in [0.1, 0.15) is 35.4 Å². The highest BCUT2D eigenvalue weighted by Crippen LogP contribution is 2.31. The molecular formula is C17H17N3. The fourth-order valence-corrected chi connectivity index (χ4v) is 2.92. The van der Waals surface area contributed by atoms with Gasteiger partial charge in [0, 0.05) is 18.7 Å². The first-order chi connectivity index (χ1) is 9.88. The summed E-state index contributed by atoms with van der Waals surface area (Å²) >= 11 is 0. The zero-order valence-corrected chi connectivity index (χ0v) is 11.3. The van der Waals surface area contributed by atoms with Crippen molar-refractivity contribution >= 4 is 5.82 Å². The van der Waals surface area contributed by atoms with Crippen molar-refractivity contribution in [2.75, 3.05) is 11.9 Å². The van der Waals surface area contributed by atoms with Crippen LogP contribution >= 0.6 is 0 Å². The minimum atomic E-state index is 0.508. The molecule has 1 aromatic carbocycles. The van der Waals surface area contributed by atoms with Crippen LogP contribution in [-0.4, -0.2) is 11.5 Å². The van der Waals surface area contributed by atoms with Crippen molar-refractivity contribution in [3.05, 3.63) is 59.3 Å². The van der Waals surface area contributed by atoms with Gasteiger partial charge >= 0.3 is 0 Å². The third kappa shape index (κ3) is 2.50. The molecule has 3 nitrogen and oxygen atoms in total. The molecule has 0 bridgehead atoms. The maximum absolute atomic E-state index is 9.08. The van der Waals surface area contributed by atoms with Crippen LogP contribution in [0.15, 0.2) is 42.6 Å². The number of hydrogen-bond acceptors (Lipinski definition) is 3. The molecule has 0 fully saturated rings. The largest absolute Gasteiger partial charge is 0.368 e. The van der Waals surface area contributed by atoms with Gasteiger partial charge in [0.1, 0.15) is 11.9 Å². The van der Waals surface area contributed by atoms with Crippen LogP contribution in [0.2, 0.25) is 0 Å². The molecule has 1 atom stereocenters. The number of benzene rings is 1. The van der Waals surface area contributed by atoms with E-state index in [0.29, 0.717) is 17.3 Å². The zero-order valence-electron chi connectivity index (χ0n) is 11.3. The number of rotatable bonds is 3. The summed E-state index contributed by atoms with van der Waals surface area (Å²) in [5, 5.41) is 12.4. The van der Waals surface area contributed by atoms with Crippen molar-refractivity contribution in [2.45, 2.75) is 25.2 Å². The molecule has 2 aromatic rings. The van der Waals surface area contributed by atoms with Crippen LogP contribution < -0.4 is 5.32 Å². The van der Waals surface area contributed by atoms with E-state index in [1.54, 1.807) is 18.3 Å². The van der Waals surface area contributed by atoms with Gasteiger partial charge in [-0.3, -0.25) is 0 Å². The summed E-state index contributed by atoms with van der Waals surface area (Å²) in [6.45, 7) is 0.836. The lowest BCUT2D eigenvalue weighted by atomic mass is 9.83. The van der Waals surface area contributed by atoms with E-state index in [1.165, 1.54) is 30.4 Å². The first-order valence-corrected chi connectivity index (χ1v) is 7.05. The molecule has 3 rings (SSSR count). The maximum atomic E-state index is 9.08. The third-order valence-electron chi connectivity index (χ3n) is 3.94. The summed E-state index contributed by atoms with van der Waals surface area (Å²) in [6, 6.07) is 14.4. The Morgan fingerprint density at radius 3 is 3.05 bits per heavy atom. The Bertz CT molecular complexity index is 643. The Kier molecular flexibility index (Phi) is 3.64. The molecule has 0 saturated carbocycles. The number of hydrogen-bond donors (Lipinski definition) is 1. The quantitative estimate of drug-likeness (QED) is 0.922. The number of fused-ring (bicyclic) bond motifs is 1. The van der Waals surface area contributed by atoms with Gasteiger partial charge in [0.15, 0.2) is 0 Å². The number of pyridine rings is 1. The van der Waals surface area contributed by atoms with Crippen molar-refractivity contribution in [1.82, 2.24) is 4.98 Å². The minimum absolute atomic E-state index is 0.508. The normalized spacial score (nSPS) is 17.1. The number of aryl methyl sites for hydroxylation is 1. The van der Waals surface area contributed by atoms with Gasteiger partial charge in [0.25, 0.3) is 0 Å². The highest BCUT2D eigenvalue weighted by Gasteiger charge is 2.19. The highest BCUT2D eigenvalue weighted by atomic mass is 15.0. The van der Waals surface area contributed by atoms with Crippen molar-refractivity contribution in [3.63, 3.8) is 0 Å². The summed E-state index contributed by atoms with van der Waals surface area (Å²) in [4.78, 5) is 4.26. The second-order valence-corrected chi connectivity index (χ2v) is 5.18. The monoisotopic (exact) mass is 263 g/mol.